The molecule has 0 spiro atoms. The Bertz CT molecular complexity index is 294. The summed E-state index contributed by atoms with van der Waals surface area (Å²) < 4.78 is 0. The standard InChI is InChI=1S/C8H7ClN2/c1-3-6-5-10-8(9)11-7(6)4-2/h3-5H,1-2H2. The topological polar surface area (TPSA) is 25.8 Å². The van der Waals surface area contributed by atoms with Crippen molar-refractivity contribution in [3.63, 3.8) is 0 Å². The Morgan fingerprint density at radius 3 is 2.64 bits per heavy atom. The van der Waals surface area contributed by atoms with Gasteiger partial charge in [-0.25, -0.2) is 9.97 Å². The number of rotatable bonds is 2. The van der Waals surface area contributed by atoms with E-state index < -0.39 is 0 Å². The van der Waals surface area contributed by atoms with Gasteiger partial charge in [0.05, 0.1) is 5.69 Å². The second-order valence-electron chi connectivity index (χ2n) is 1.89. The molecule has 1 heterocycles. The van der Waals surface area contributed by atoms with E-state index in [0.717, 1.165) is 5.56 Å². The average molecular weight is 167 g/mol. The van der Waals surface area contributed by atoms with Crippen molar-refractivity contribution in [3.8, 4) is 0 Å². The molecule has 0 saturated carbocycles. The van der Waals surface area contributed by atoms with Crippen LogP contribution in [-0.2, 0) is 0 Å². The molecule has 1 aromatic rings. The van der Waals surface area contributed by atoms with Gasteiger partial charge in [-0.1, -0.05) is 19.2 Å². The van der Waals surface area contributed by atoms with Crippen molar-refractivity contribution in [1.29, 1.82) is 0 Å². The largest absolute Gasteiger partial charge is 0.226 e. The van der Waals surface area contributed by atoms with E-state index in [0.29, 0.717) is 5.69 Å². The summed E-state index contributed by atoms with van der Waals surface area (Å²) in [5, 5.41) is 0.227. The summed E-state index contributed by atoms with van der Waals surface area (Å²) in [5.41, 5.74) is 1.55. The summed E-state index contributed by atoms with van der Waals surface area (Å²) in [7, 11) is 0. The lowest BCUT2D eigenvalue weighted by Crippen LogP contribution is -1.89. The Kier molecular flexibility index (Phi) is 2.39. The predicted octanol–water partition coefficient (Wildman–Crippen LogP) is 2.42. The van der Waals surface area contributed by atoms with Gasteiger partial charge in [0.1, 0.15) is 0 Å². The highest BCUT2D eigenvalue weighted by molar-refractivity contribution is 6.28. The van der Waals surface area contributed by atoms with Gasteiger partial charge in [-0.3, -0.25) is 0 Å². The van der Waals surface area contributed by atoms with Gasteiger partial charge in [0.15, 0.2) is 0 Å². The number of aromatic nitrogens is 2. The smallest absolute Gasteiger partial charge is 0.222 e. The average Bonchev–Trinajstić information content (AvgIpc) is 2.04. The zero-order valence-electron chi connectivity index (χ0n) is 5.92. The van der Waals surface area contributed by atoms with E-state index in [1.807, 2.05) is 0 Å². The minimum absolute atomic E-state index is 0.227. The fraction of sp³-hybridized carbons (Fsp3) is 0. The summed E-state index contributed by atoms with van der Waals surface area (Å²) in [6, 6.07) is 0. The van der Waals surface area contributed by atoms with Gasteiger partial charge < -0.3 is 0 Å². The van der Waals surface area contributed by atoms with E-state index in [-0.39, 0.29) is 5.28 Å². The molecule has 1 rings (SSSR count). The van der Waals surface area contributed by atoms with Gasteiger partial charge in [0, 0.05) is 11.8 Å². The Balaban J connectivity index is 3.26. The Morgan fingerprint density at radius 2 is 2.09 bits per heavy atom. The van der Waals surface area contributed by atoms with Crippen molar-refractivity contribution < 1.29 is 0 Å². The molecule has 0 aliphatic carbocycles. The van der Waals surface area contributed by atoms with E-state index in [9.17, 15) is 0 Å². The molecule has 0 unspecified atom stereocenters. The fourth-order valence-corrected chi connectivity index (χ4v) is 0.842. The molecule has 0 fully saturated rings. The van der Waals surface area contributed by atoms with Crippen LogP contribution in [0.25, 0.3) is 12.2 Å². The number of halogens is 1. The van der Waals surface area contributed by atoms with Crippen molar-refractivity contribution >= 4 is 23.8 Å². The molecule has 2 nitrogen and oxygen atoms in total. The highest BCUT2D eigenvalue weighted by Crippen LogP contribution is 2.10. The molecule has 0 aliphatic rings. The molecule has 0 bridgehead atoms. The second-order valence-corrected chi connectivity index (χ2v) is 2.23. The van der Waals surface area contributed by atoms with Crippen LogP contribution in [0.4, 0.5) is 0 Å². The molecular formula is C8H7ClN2. The Morgan fingerprint density at radius 1 is 1.36 bits per heavy atom. The van der Waals surface area contributed by atoms with Gasteiger partial charge in [0.2, 0.25) is 5.28 Å². The monoisotopic (exact) mass is 166 g/mol. The summed E-state index contributed by atoms with van der Waals surface area (Å²) in [4.78, 5) is 7.72. The minimum atomic E-state index is 0.227. The lowest BCUT2D eigenvalue weighted by molar-refractivity contribution is 1.14. The van der Waals surface area contributed by atoms with Crippen LogP contribution in [-0.4, -0.2) is 9.97 Å². The van der Waals surface area contributed by atoms with Crippen molar-refractivity contribution in [1.82, 2.24) is 9.97 Å². The first-order valence-electron chi connectivity index (χ1n) is 3.05. The number of hydrogen-bond acceptors (Lipinski definition) is 2. The maximum absolute atomic E-state index is 5.55. The van der Waals surface area contributed by atoms with Gasteiger partial charge in [-0.05, 0) is 17.7 Å². The zero-order valence-corrected chi connectivity index (χ0v) is 6.67. The van der Waals surface area contributed by atoms with Crippen molar-refractivity contribution in [2.45, 2.75) is 0 Å². The first-order valence-corrected chi connectivity index (χ1v) is 3.43. The lowest BCUT2D eigenvalue weighted by Gasteiger charge is -1.97. The van der Waals surface area contributed by atoms with E-state index in [4.69, 9.17) is 11.6 Å². The van der Waals surface area contributed by atoms with E-state index in [1.54, 1.807) is 18.3 Å². The summed E-state index contributed by atoms with van der Waals surface area (Å²) in [6.45, 7) is 7.18. The molecule has 0 amide bonds. The zero-order chi connectivity index (χ0) is 8.27. The molecule has 0 aromatic carbocycles. The minimum Gasteiger partial charge on any atom is -0.226 e. The molecule has 0 radical (unpaired) electrons. The lowest BCUT2D eigenvalue weighted by atomic mass is 10.2. The van der Waals surface area contributed by atoms with Crippen LogP contribution in [0, 0.1) is 0 Å². The van der Waals surface area contributed by atoms with E-state index in [2.05, 4.69) is 23.1 Å². The van der Waals surface area contributed by atoms with Crippen LogP contribution >= 0.6 is 11.6 Å². The van der Waals surface area contributed by atoms with Gasteiger partial charge in [-0.15, -0.1) is 0 Å². The normalized spacial score (nSPS) is 9.18. The van der Waals surface area contributed by atoms with Crippen LogP contribution < -0.4 is 0 Å². The molecule has 0 aliphatic heterocycles. The van der Waals surface area contributed by atoms with Crippen molar-refractivity contribution in [2.24, 2.45) is 0 Å². The van der Waals surface area contributed by atoms with Crippen LogP contribution in [0.2, 0.25) is 5.28 Å². The Hall–Kier alpha value is -1.15. The van der Waals surface area contributed by atoms with Crippen LogP contribution in [0.15, 0.2) is 19.4 Å². The molecule has 0 saturated heterocycles. The fourth-order valence-electron chi connectivity index (χ4n) is 0.703. The first kappa shape index (κ1) is 7.95. The SMILES string of the molecule is C=Cc1cnc(Cl)nc1C=C. The maximum Gasteiger partial charge on any atom is 0.222 e. The Labute approximate surface area is 70.3 Å². The van der Waals surface area contributed by atoms with Gasteiger partial charge in [0.25, 0.3) is 0 Å². The van der Waals surface area contributed by atoms with Crippen molar-refractivity contribution in [2.75, 3.05) is 0 Å². The van der Waals surface area contributed by atoms with Gasteiger partial charge in [-0.2, -0.15) is 0 Å². The summed E-state index contributed by atoms with van der Waals surface area (Å²) in [6.07, 6.45) is 4.89. The number of hydrogen-bond donors (Lipinski definition) is 0. The van der Waals surface area contributed by atoms with Crippen molar-refractivity contribution in [3.05, 3.63) is 35.9 Å². The molecule has 0 atom stereocenters. The second kappa shape index (κ2) is 3.30. The van der Waals surface area contributed by atoms with E-state index in [1.165, 1.54) is 0 Å². The van der Waals surface area contributed by atoms with Crippen LogP contribution in [0.1, 0.15) is 11.3 Å². The van der Waals surface area contributed by atoms with Gasteiger partial charge >= 0.3 is 0 Å². The van der Waals surface area contributed by atoms with E-state index >= 15 is 0 Å². The quantitative estimate of drug-likeness (QED) is 0.631. The third-order valence-electron chi connectivity index (χ3n) is 1.23. The first-order chi connectivity index (χ1) is 5.27. The third-order valence-corrected chi connectivity index (χ3v) is 1.41. The number of nitrogens with zero attached hydrogens (tertiary/aromatic N) is 2. The highest BCUT2D eigenvalue weighted by Gasteiger charge is 1.97. The summed E-state index contributed by atoms with van der Waals surface area (Å²) in [5.74, 6) is 0. The third kappa shape index (κ3) is 1.65. The maximum atomic E-state index is 5.55. The molecular weight excluding hydrogens is 160 g/mol. The molecule has 56 valence electrons. The van der Waals surface area contributed by atoms with Crippen LogP contribution in [0.5, 0.6) is 0 Å². The molecule has 11 heavy (non-hydrogen) atoms. The van der Waals surface area contributed by atoms with Crippen LogP contribution in [0.3, 0.4) is 0 Å². The summed E-state index contributed by atoms with van der Waals surface area (Å²) >= 11 is 5.55. The molecule has 1 aromatic heterocycles. The predicted molar refractivity (Wildman–Crippen MR) is 47.2 cm³/mol. The molecule has 0 N–H and O–H groups in total. The highest BCUT2D eigenvalue weighted by atomic mass is 35.5. The molecule has 3 heteroatoms.